The van der Waals surface area contributed by atoms with Crippen LogP contribution in [-0.2, 0) is 4.79 Å². The van der Waals surface area contributed by atoms with E-state index in [1.807, 2.05) is 56.5 Å². The molecule has 0 fully saturated rings. The molecule has 0 aliphatic carbocycles. The van der Waals surface area contributed by atoms with Gasteiger partial charge in [-0.05, 0) is 5.56 Å². The molecule has 0 spiro atoms. The van der Waals surface area contributed by atoms with E-state index in [0.717, 1.165) is 5.56 Å². The van der Waals surface area contributed by atoms with Crippen molar-refractivity contribution in [1.29, 1.82) is 0 Å². The van der Waals surface area contributed by atoms with E-state index in [9.17, 15) is 4.79 Å². The van der Waals surface area contributed by atoms with Gasteiger partial charge < -0.3 is 4.90 Å². The summed E-state index contributed by atoms with van der Waals surface area (Å²) < 4.78 is 0. The minimum absolute atomic E-state index is 0.174. The summed E-state index contributed by atoms with van der Waals surface area (Å²) in [5.41, 5.74) is 1.16. The summed E-state index contributed by atoms with van der Waals surface area (Å²) in [7, 11) is 1.82. The first-order valence-electron chi connectivity index (χ1n) is 5.19. The molecule has 15 heavy (non-hydrogen) atoms. The van der Waals surface area contributed by atoms with E-state index in [2.05, 4.69) is 0 Å². The maximum absolute atomic E-state index is 11.2. The quantitative estimate of drug-likeness (QED) is 0.736. The summed E-state index contributed by atoms with van der Waals surface area (Å²) in [4.78, 5) is 13.0. The number of carbonyl (C=O) groups is 1. The first kappa shape index (κ1) is 11.5. The number of rotatable bonds is 4. The Kier molecular flexibility index (Phi) is 4.61. The SMILES string of the molecule is CCC(=O)N(C)C/C=C/c1ccccc1. The molecule has 0 saturated heterocycles. The Morgan fingerprint density at radius 1 is 1.33 bits per heavy atom. The zero-order valence-corrected chi connectivity index (χ0v) is 9.31. The van der Waals surface area contributed by atoms with Crippen LogP contribution in [0.3, 0.4) is 0 Å². The maximum atomic E-state index is 11.2. The van der Waals surface area contributed by atoms with Gasteiger partial charge in [-0.15, -0.1) is 0 Å². The maximum Gasteiger partial charge on any atom is 0.222 e. The lowest BCUT2D eigenvalue weighted by atomic mass is 10.2. The van der Waals surface area contributed by atoms with Gasteiger partial charge in [0, 0.05) is 20.0 Å². The Balaban J connectivity index is 2.43. The third kappa shape index (κ3) is 3.98. The van der Waals surface area contributed by atoms with Gasteiger partial charge in [0.25, 0.3) is 0 Å². The molecule has 1 aromatic rings. The van der Waals surface area contributed by atoms with Crippen LogP contribution in [0, 0.1) is 0 Å². The Hall–Kier alpha value is -1.57. The number of hydrogen-bond donors (Lipinski definition) is 0. The van der Waals surface area contributed by atoms with Crippen LogP contribution in [-0.4, -0.2) is 24.4 Å². The van der Waals surface area contributed by atoms with E-state index in [1.54, 1.807) is 4.90 Å². The van der Waals surface area contributed by atoms with Crippen molar-refractivity contribution in [2.45, 2.75) is 13.3 Å². The topological polar surface area (TPSA) is 20.3 Å². The van der Waals surface area contributed by atoms with Crippen LogP contribution in [0.2, 0.25) is 0 Å². The highest BCUT2D eigenvalue weighted by molar-refractivity contribution is 5.75. The molecule has 0 aliphatic heterocycles. The van der Waals surface area contributed by atoms with E-state index in [4.69, 9.17) is 0 Å². The van der Waals surface area contributed by atoms with Crippen LogP contribution >= 0.6 is 0 Å². The summed E-state index contributed by atoms with van der Waals surface area (Å²) in [6.07, 6.45) is 4.60. The number of likely N-dealkylation sites (N-methyl/N-ethyl adjacent to an activating group) is 1. The van der Waals surface area contributed by atoms with Crippen molar-refractivity contribution in [1.82, 2.24) is 4.90 Å². The van der Waals surface area contributed by atoms with Gasteiger partial charge in [-0.1, -0.05) is 49.4 Å². The Bertz CT molecular complexity index is 330. The zero-order chi connectivity index (χ0) is 11.1. The predicted molar refractivity (Wildman–Crippen MR) is 63.4 cm³/mol. The second-order valence-corrected chi connectivity index (χ2v) is 3.44. The molecule has 0 saturated carbocycles. The molecule has 0 atom stereocenters. The highest BCUT2D eigenvalue weighted by atomic mass is 16.2. The minimum atomic E-state index is 0.174. The van der Waals surface area contributed by atoms with Crippen LogP contribution < -0.4 is 0 Å². The fourth-order valence-corrected chi connectivity index (χ4v) is 1.28. The second-order valence-electron chi connectivity index (χ2n) is 3.44. The molecular formula is C13H17NO. The van der Waals surface area contributed by atoms with Crippen LogP contribution in [0.5, 0.6) is 0 Å². The van der Waals surface area contributed by atoms with Gasteiger partial charge in [-0.25, -0.2) is 0 Å². The lowest BCUT2D eigenvalue weighted by Crippen LogP contribution is -2.25. The van der Waals surface area contributed by atoms with Crippen molar-refractivity contribution in [3.05, 3.63) is 42.0 Å². The third-order valence-electron chi connectivity index (χ3n) is 2.22. The van der Waals surface area contributed by atoms with E-state index < -0.39 is 0 Å². The van der Waals surface area contributed by atoms with Crippen molar-refractivity contribution in [3.8, 4) is 0 Å². The first-order valence-corrected chi connectivity index (χ1v) is 5.19. The fraction of sp³-hybridized carbons (Fsp3) is 0.308. The smallest absolute Gasteiger partial charge is 0.222 e. The van der Waals surface area contributed by atoms with Crippen molar-refractivity contribution >= 4 is 12.0 Å². The monoisotopic (exact) mass is 203 g/mol. The second kappa shape index (κ2) is 6.02. The van der Waals surface area contributed by atoms with Crippen molar-refractivity contribution in [2.75, 3.05) is 13.6 Å². The summed E-state index contributed by atoms with van der Waals surface area (Å²) in [5.74, 6) is 0.174. The molecule has 0 aromatic heterocycles. The van der Waals surface area contributed by atoms with Gasteiger partial charge >= 0.3 is 0 Å². The molecule has 0 aliphatic rings. The van der Waals surface area contributed by atoms with Gasteiger partial charge in [0.2, 0.25) is 5.91 Å². The lowest BCUT2D eigenvalue weighted by Gasteiger charge is -2.12. The summed E-state index contributed by atoms with van der Waals surface area (Å²) in [6.45, 7) is 2.54. The molecule has 0 N–H and O–H groups in total. The summed E-state index contributed by atoms with van der Waals surface area (Å²) in [6, 6.07) is 10.1. The normalized spacial score (nSPS) is 10.5. The number of nitrogens with zero attached hydrogens (tertiary/aromatic N) is 1. The average molecular weight is 203 g/mol. The van der Waals surface area contributed by atoms with Crippen LogP contribution in [0.1, 0.15) is 18.9 Å². The molecule has 80 valence electrons. The summed E-state index contributed by atoms with van der Waals surface area (Å²) >= 11 is 0. The van der Waals surface area contributed by atoms with E-state index >= 15 is 0 Å². The number of benzene rings is 1. The number of amides is 1. The highest BCUT2D eigenvalue weighted by Gasteiger charge is 2.01. The van der Waals surface area contributed by atoms with Gasteiger partial charge in [0.1, 0.15) is 0 Å². The molecule has 0 bridgehead atoms. The molecule has 2 heteroatoms. The van der Waals surface area contributed by atoms with Gasteiger partial charge in [0.15, 0.2) is 0 Å². The van der Waals surface area contributed by atoms with Crippen LogP contribution in [0.4, 0.5) is 0 Å². The average Bonchev–Trinajstić information content (AvgIpc) is 2.29. The van der Waals surface area contributed by atoms with Gasteiger partial charge in [0.05, 0.1) is 0 Å². The Labute approximate surface area is 91.2 Å². The largest absolute Gasteiger partial charge is 0.342 e. The molecule has 1 amide bonds. The standard InChI is InChI=1S/C13H17NO/c1-3-13(15)14(2)11-7-10-12-8-5-4-6-9-12/h4-10H,3,11H2,1-2H3/b10-7+. The minimum Gasteiger partial charge on any atom is -0.342 e. The zero-order valence-electron chi connectivity index (χ0n) is 9.31. The third-order valence-corrected chi connectivity index (χ3v) is 2.22. The van der Waals surface area contributed by atoms with Crippen LogP contribution in [0.15, 0.2) is 36.4 Å². The molecule has 2 nitrogen and oxygen atoms in total. The molecular weight excluding hydrogens is 186 g/mol. The van der Waals surface area contributed by atoms with Crippen molar-refractivity contribution in [2.24, 2.45) is 0 Å². The number of hydrogen-bond acceptors (Lipinski definition) is 1. The first-order chi connectivity index (χ1) is 7.24. The Morgan fingerprint density at radius 2 is 2.00 bits per heavy atom. The number of carbonyl (C=O) groups excluding carboxylic acids is 1. The van der Waals surface area contributed by atoms with Crippen molar-refractivity contribution < 1.29 is 4.79 Å². The van der Waals surface area contributed by atoms with E-state index in [-0.39, 0.29) is 5.91 Å². The molecule has 1 aromatic carbocycles. The molecule has 0 heterocycles. The lowest BCUT2D eigenvalue weighted by molar-refractivity contribution is -0.129. The van der Waals surface area contributed by atoms with Gasteiger partial charge in [-0.2, -0.15) is 0 Å². The van der Waals surface area contributed by atoms with E-state index in [0.29, 0.717) is 13.0 Å². The van der Waals surface area contributed by atoms with E-state index in [1.165, 1.54) is 0 Å². The summed E-state index contributed by atoms with van der Waals surface area (Å²) in [5, 5.41) is 0. The van der Waals surface area contributed by atoms with Gasteiger partial charge in [-0.3, -0.25) is 4.79 Å². The molecule has 0 radical (unpaired) electrons. The fourth-order valence-electron chi connectivity index (χ4n) is 1.28. The molecule has 0 unspecified atom stereocenters. The van der Waals surface area contributed by atoms with Crippen LogP contribution in [0.25, 0.3) is 6.08 Å². The Morgan fingerprint density at radius 3 is 2.60 bits per heavy atom. The highest BCUT2D eigenvalue weighted by Crippen LogP contribution is 2.01. The predicted octanol–water partition coefficient (Wildman–Crippen LogP) is 2.57. The molecule has 1 rings (SSSR count). The van der Waals surface area contributed by atoms with Crippen molar-refractivity contribution in [3.63, 3.8) is 0 Å².